The molecule has 0 fully saturated rings. The molecule has 0 saturated heterocycles. The van der Waals surface area contributed by atoms with Crippen LogP contribution in [0.1, 0.15) is 35.9 Å². The van der Waals surface area contributed by atoms with Gasteiger partial charge in [-0.05, 0) is 21.8 Å². The SMILES string of the molecule is CC(C)c1[nH]nc(C(=O)NCCO)c1Br. The second kappa shape index (κ2) is 5.27. The van der Waals surface area contributed by atoms with Crippen molar-refractivity contribution in [2.75, 3.05) is 13.2 Å². The summed E-state index contributed by atoms with van der Waals surface area (Å²) < 4.78 is 0.688. The van der Waals surface area contributed by atoms with Crippen molar-refractivity contribution in [3.8, 4) is 0 Å². The molecule has 0 bridgehead atoms. The van der Waals surface area contributed by atoms with Crippen molar-refractivity contribution in [2.45, 2.75) is 19.8 Å². The van der Waals surface area contributed by atoms with Crippen molar-refractivity contribution in [1.82, 2.24) is 15.5 Å². The Morgan fingerprint density at radius 2 is 2.33 bits per heavy atom. The van der Waals surface area contributed by atoms with Crippen molar-refractivity contribution in [3.05, 3.63) is 15.9 Å². The Hall–Kier alpha value is -0.880. The average molecular weight is 276 g/mol. The number of carbonyl (C=O) groups is 1. The number of H-pyrrole nitrogens is 1. The predicted octanol–water partition coefficient (Wildman–Crippen LogP) is 1.02. The lowest BCUT2D eigenvalue weighted by Crippen LogP contribution is -2.26. The molecule has 5 nitrogen and oxygen atoms in total. The number of hydrogen-bond acceptors (Lipinski definition) is 3. The number of hydrogen-bond donors (Lipinski definition) is 3. The van der Waals surface area contributed by atoms with Gasteiger partial charge in [-0.25, -0.2) is 0 Å². The smallest absolute Gasteiger partial charge is 0.273 e. The highest BCUT2D eigenvalue weighted by Crippen LogP contribution is 2.25. The highest BCUT2D eigenvalue weighted by molar-refractivity contribution is 9.10. The minimum atomic E-state index is -0.293. The Balaban J connectivity index is 2.82. The first kappa shape index (κ1) is 12.2. The third-order valence-electron chi connectivity index (χ3n) is 1.92. The lowest BCUT2D eigenvalue weighted by atomic mass is 10.1. The Bertz CT molecular complexity index is 349. The lowest BCUT2D eigenvalue weighted by molar-refractivity contribution is 0.0939. The maximum atomic E-state index is 11.5. The fourth-order valence-electron chi connectivity index (χ4n) is 1.13. The Morgan fingerprint density at radius 1 is 1.67 bits per heavy atom. The second-order valence-electron chi connectivity index (χ2n) is 3.43. The van der Waals surface area contributed by atoms with Gasteiger partial charge in [0.2, 0.25) is 0 Å². The summed E-state index contributed by atoms with van der Waals surface area (Å²) in [5.74, 6) is -0.0228. The molecule has 0 unspecified atom stereocenters. The fourth-order valence-corrected chi connectivity index (χ4v) is 1.94. The van der Waals surface area contributed by atoms with Gasteiger partial charge in [-0.2, -0.15) is 5.10 Å². The molecule has 0 spiro atoms. The largest absolute Gasteiger partial charge is 0.395 e. The van der Waals surface area contributed by atoms with Crippen LogP contribution in [0.15, 0.2) is 4.47 Å². The van der Waals surface area contributed by atoms with Crippen LogP contribution in [0.2, 0.25) is 0 Å². The zero-order valence-corrected chi connectivity index (χ0v) is 10.3. The van der Waals surface area contributed by atoms with E-state index in [9.17, 15) is 4.79 Å². The van der Waals surface area contributed by atoms with Crippen LogP contribution in [0.4, 0.5) is 0 Å². The maximum absolute atomic E-state index is 11.5. The molecule has 0 atom stereocenters. The third-order valence-corrected chi connectivity index (χ3v) is 2.73. The number of aliphatic hydroxyl groups is 1. The number of nitrogens with one attached hydrogen (secondary N) is 2. The summed E-state index contributed by atoms with van der Waals surface area (Å²) in [5, 5.41) is 17.8. The number of aliphatic hydroxyl groups excluding tert-OH is 1. The van der Waals surface area contributed by atoms with E-state index >= 15 is 0 Å². The predicted molar refractivity (Wildman–Crippen MR) is 59.8 cm³/mol. The summed E-state index contributed by atoms with van der Waals surface area (Å²) in [5.41, 5.74) is 1.22. The summed E-state index contributed by atoms with van der Waals surface area (Å²) in [6.45, 7) is 4.17. The number of carbonyl (C=O) groups excluding carboxylic acids is 1. The monoisotopic (exact) mass is 275 g/mol. The van der Waals surface area contributed by atoms with Crippen molar-refractivity contribution in [2.24, 2.45) is 0 Å². The molecule has 84 valence electrons. The standard InChI is InChI=1S/C9H14BrN3O2/c1-5(2)7-6(10)8(13-12-7)9(15)11-3-4-14/h5,14H,3-4H2,1-2H3,(H,11,15)(H,12,13). The average Bonchev–Trinajstić information content (AvgIpc) is 2.56. The molecule has 0 aliphatic heterocycles. The Labute approximate surface area is 96.4 Å². The quantitative estimate of drug-likeness (QED) is 0.768. The molecule has 1 aromatic heterocycles. The van der Waals surface area contributed by atoms with Crippen LogP contribution in [0, 0.1) is 0 Å². The van der Waals surface area contributed by atoms with E-state index in [-0.39, 0.29) is 25.0 Å². The van der Waals surface area contributed by atoms with Crippen molar-refractivity contribution in [1.29, 1.82) is 0 Å². The van der Waals surface area contributed by atoms with Gasteiger partial charge >= 0.3 is 0 Å². The zero-order chi connectivity index (χ0) is 11.4. The topological polar surface area (TPSA) is 78.0 Å². The first-order valence-electron chi connectivity index (χ1n) is 4.70. The van der Waals surface area contributed by atoms with Crippen LogP contribution < -0.4 is 5.32 Å². The number of halogens is 1. The van der Waals surface area contributed by atoms with Crippen LogP contribution in [0.25, 0.3) is 0 Å². The molecule has 1 aromatic rings. The second-order valence-corrected chi connectivity index (χ2v) is 4.23. The number of aromatic nitrogens is 2. The molecule has 0 aliphatic carbocycles. The molecule has 0 radical (unpaired) electrons. The third kappa shape index (κ3) is 2.79. The Morgan fingerprint density at radius 3 is 2.80 bits per heavy atom. The minimum Gasteiger partial charge on any atom is -0.395 e. The molecular formula is C9H14BrN3O2. The molecule has 0 aromatic carbocycles. The normalized spacial score (nSPS) is 10.7. The van der Waals surface area contributed by atoms with Gasteiger partial charge in [0.05, 0.1) is 16.8 Å². The van der Waals surface area contributed by atoms with Gasteiger partial charge in [-0.1, -0.05) is 13.8 Å². The molecule has 3 N–H and O–H groups in total. The molecule has 1 rings (SSSR count). The summed E-state index contributed by atoms with van der Waals surface area (Å²) in [6.07, 6.45) is 0. The van der Waals surface area contributed by atoms with Crippen LogP contribution in [-0.2, 0) is 0 Å². The molecule has 6 heteroatoms. The highest BCUT2D eigenvalue weighted by atomic mass is 79.9. The molecule has 1 heterocycles. The molecule has 15 heavy (non-hydrogen) atoms. The molecule has 0 saturated carbocycles. The molecule has 0 aliphatic rings. The molecular weight excluding hydrogens is 262 g/mol. The van der Waals surface area contributed by atoms with E-state index < -0.39 is 0 Å². The van der Waals surface area contributed by atoms with Gasteiger partial charge in [0.1, 0.15) is 0 Å². The van der Waals surface area contributed by atoms with Gasteiger partial charge in [-0.3, -0.25) is 9.89 Å². The van der Waals surface area contributed by atoms with Crippen LogP contribution in [0.5, 0.6) is 0 Å². The number of nitrogens with zero attached hydrogens (tertiary/aromatic N) is 1. The van der Waals surface area contributed by atoms with E-state index in [4.69, 9.17) is 5.11 Å². The number of rotatable bonds is 4. The molecule has 1 amide bonds. The van der Waals surface area contributed by atoms with Gasteiger partial charge in [-0.15, -0.1) is 0 Å². The summed E-state index contributed by atoms with van der Waals surface area (Å²) in [4.78, 5) is 11.5. The van der Waals surface area contributed by atoms with E-state index in [2.05, 4.69) is 31.4 Å². The zero-order valence-electron chi connectivity index (χ0n) is 8.67. The van der Waals surface area contributed by atoms with Crippen molar-refractivity contribution in [3.63, 3.8) is 0 Å². The number of amides is 1. The summed E-state index contributed by atoms with van der Waals surface area (Å²) in [7, 11) is 0. The van der Waals surface area contributed by atoms with Crippen molar-refractivity contribution >= 4 is 21.8 Å². The highest BCUT2D eigenvalue weighted by Gasteiger charge is 2.18. The first-order valence-corrected chi connectivity index (χ1v) is 5.50. The van der Waals surface area contributed by atoms with E-state index in [1.54, 1.807) is 0 Å². The van der Waals surface area contributed by atoms with E-state index in [0.29, 0.717) is 10.2 Å². The van der Waals surface area contributed by atoms with Crippen LogP contribution in [-0.4, -0.2) is 34.4 Å². The Kier molecular flexibility index (Phi) is 4.28. The van der Waals surface area contributed by atoms with Gasteiger partial charge < -0.3 is 10.4 Å². The van der Waals surface area contributed by atoms with Gasteiger partial charge in [0, 0.05) is 6.54 Å². The van der Waals surface area contributed by atoms with E-state index in [0.717, 1.165) is 5.69 Å². The van der Waals surface area contributed by atoms with Gasteiger partial charge in [0.25, 0.3) is 5.91 Å². The summed E-state index contributed by atoms with van der Waals surface area (Å²) >= 11 is 3.33. The van der Waals surface area contributed by atoms with Crippen molar-refractivity contribution < 1.29 is 9.90 Å². The van der Waals surface area contributed by atoms with Crippen LogP contribution in [0.3, 0.4) is 0 Å². The fraction of sp³-hybridized carbons (Fsp3) is 0.556. The minimum absolute atomic E-state index is 0.0786. The number of aromatic amines is 1. The first-order chi connectivity index (χ1) is 7.07. The lowest BCUT2D eigenvalue weighted by Gasteiger charge is -2.02. The summed E-state index contributed by atoms with van der Waals surface area (Å²) in [6, 6.07) is 0. The van der Waals surface area contributed by atoms with E-state index in [1.807, 2.05) is 13.8 Å². The maximum Gasteiger partial charge on any atom is 0.273 e. The van der Waals surface area contributed by atoms with E-state index in [1.165, 1.54) is 0 Å². The van der Waals surface area contributed by atoms with Gasteiger partial charge in [0.15, 0.2) is 5.69 Å². The van der Waals surface area contributed by atoms with Crippen LogP contribution >= 0.6 is 15.9 Å².